The number of halogens is 1. The normalized spacial score (nSPS) is 33.5. The van der Waals surface area contributed by atoms with E-state index in [0.29, 0.717) is 3.92 Å². The number of benzene rings is 1. The Morgan fingerprint density at radius 2 is 2.00 bits per heavy atom. The first kappa shape index (κ1) is 9.46. The number of hydrogen-bond acceptors (Lipinski definition) is 1. The third-order valence-electron chi connectivity index (χ3n) is 2.92. The summed E-state index contributed by atoms with van der Waals surface area (Å²) in [6, 6.07) is 10.5. The summed E-state index contributed by atoms with van der Waals surface area (Å²) in [7, 11) is 0. The molecule has 1 aromatic carbocycles. The van der Waals surface area contributed by atoms with Crippen molar-refractivity contribution in [3.8, 4) is 0 Å². The van der Waals surface area contributed by atoms with Crippen LogP contribution >= 0.6 is 22.6 Å². The second-order valence-corrected chi connectivity index (χ2v) is 5.27. The fourth-order valence-electron chi connectivity index (χ4n) is 2.06. The van der Waals surface area contributed by atoms with E-state index in [2.05, 4.69) is 46.9 Å². The molecule has 1 fully saturated rings. The maximum Gasteiger partial charge on any atom is 0.0528 e. The zero-order valence-electron chi connectivity index (χ0n) is 7.54. The van der Waals surface area contributed by atoms with Gasteiger partial charge in [-0.05, 0) is 18.4 Å². The van der Waals surface area contributed by atoms with Gasteiger partial charge in [0.15, 0.2) is 0 Å². The van der Waals surface area contributed by atoms with Crippen LogP contribution in [-0.4, -0.2) is 3.92 Å². The molecule has 13 heavy (non-hydrogen) atoms. The lowest BCUT2D eigenvalue weighted by Gasteiger charge is -2.28. The molecule has 0 radical (unpaired) electrons. The van der Waals surface area contributed by atoms with E-state index < -0.39 is 0 Å². The highest BCUT2D eigenvalue weighted by Gasteiger charge is 2.38. The lowest BCUT2D eigenvalue weighted by Crippen LogP contribution is -2.40. The highest BCUT2D eigenvalue weighted by atomic mass is 127. The smallest absolute Gasteiger partial charge is 0.0528 e. The van der Waals surface area contributed by atoms with Crippen LogP contribution in [0.2, 0.25) is 0 Å². The summed E-state index contributed by atoms with van der Waals surface area (Å²) >= 11 is 2.49. The highest BCUT2D eigenvalue weighted by Crippen LogP contribution is 2.41. The van der Waals surface area contributed by atoms with Crippen molar-refractivity contribution >= 4 is 22.6 Å². The summed E-state index contributed by atoms with van der Waals surface area (Å²) in [5.41, 5.74) is 7.65. The van der Waals surface area contributed by atoms with Crippen molar-refractivity contribution in [3.05, 3.63) is 35.9 Å². The molecule has 1 aromatic rings. The molecular weight excluding hydrogens is 273 g/mol. The van der Waals surface area contributed by atoms with E-state index in [0.717, 1.165) is 6.42 Å². The van der Waals surface area contributed by atoms with Gasteiger partial charge in [-0.2, -0.15) is 0 Å². The largest absolute Gasteiger partial charge is 0.321 e. The Labute approximate surface area is 92.9 Å². The molecular formula is C11H14IN. The summed E-state index contributed by atoms with van der Waals surface area (Å²) in [5, 5.41) is 0. The van der Waals surface area contributed by atoms with Gasteiger partial charge in [0.05, 0.1) is 5.54 Å². The minimum absolute atomic E-state index is 0.0676. The molecule has 2 heteroatoms. The number of rotatable bonds is 1. The molecule has 0 spiro atoms. The van der Waals surface area contributed by atoms with Gasteiger partial charge in [-0.3, -0.25) is 0 Å². The van der Waals surface area contributed by atoms with Crippen LogP contribution in [0.5, 0.6) is 0 Å². The van der Waals surface area contributed by atoms with E-state index in [1.165, 1.54) is 18.4 Å². The van der Waals surface area contributed by atoms with Crippen molar-refractivity contribution in [2.75, 3.05) is 0 Å². The molecule has 1 unspecified atom stereocenters. The summed E-state index contributed by atoms with van der Waals surface area (Å²) in [6.45, 7) is 0. The minimum Gasteiger partial charge on any atom is -0.321 e. The van der Waals surface area contributed by atoms with Crippen molar-refractivity contribution in [2.45, 2.75) is 28.7 Å². The molecule has 1 aliphatic carbocycles. The molecule has 0 saturated heterocycles. The Bertz CT molecular complexity index is 285. The average Bonchev–Trinajstić information content (AvgIpc) is 2.50. The van der Waals surface area contributed by atoms with Gasteiger partial charge in [0.25, 0.3) is 0 Å². The van der Waals surface area contributed by atoms with Crippen LogP contribution in [0.1, 0.15) is 24.8 Å². The van der Waals surface area contributed by atoms with E-state index >= 15 is 0 Å². The fourth-order valence-corrected chi connectivity index (χ4v) is 3.17. The monoisotopic (exact) mass is 287 g/mol. The van der Waals surface area contributed by atoms with Gasteiger partial charge in [-0.15, -0.1) is 0 Å². The summed E-state index contributed by atoms with van der Waals surface area (Å²) in [4.78, 5) is 0. The van der Waals surface area contributed by atoms with E-state index in [4.69, 9.17) is 5.73 Å². The number of nitrogens with two attached hydrogens (primary N) is 1. The van der Waals surface area contributed by atoms with Gasteiger partial charge in [0.1, 0.15) is 0 Å². The first-order chi connectivity index (χ1) is 6.23. The number of alkyl halides is 1. The molecule has 0 aromatic heterocycles. The molecule has 0 aliphatic heterocycles. The van der Waals surface area contributed by atoms with Crippen LogP contribution < -0.4 is 5.73 Å². The first-order valence-corrected chi connectivity index (χ1v) is 5.96. The second-order valence-electron chi connectivity index (χ2n) is 3.77. The van der Waals surface area contributed by atoms with Crippen molar-refractivity contribution in [1.82, 2.24) is 0 Å². The van der Waals surface area contributed by atoms with Gasteiger partial charge < -0.3 is 5.73 Å². The molecule has 1 aliphatic rings. The van der Waals surface area contributed by atoms with Gasteiger partial charge in [-0.25, -0.2) is 0 Å². The van der Waals surface area contributed by atoms with Gasteiger partial charge >= 0.3 is 0 Å². The van der Waals surface area contributed by atoms with E-state index in [1.54, 1.807) is 0 Å². The minimum atomic E-state index is -0.0676. The highest BCUT2D eigenvalue weighted by molar-refractivity contribution is 14.1. The molecule has 2 atom stereocenters. The summed E-state index contributed by atoms with van der Waals surface area (Å²) in [6.07, 6.45) is 3.65. The van der Waals surface area contributed by atoms with E-state index in [9.17, 15) is 0 Å². The zero-order chi connectivity index (χ0) is 9.31. The first-order valence-electron chi connectivity index (χ1n) is 4.72. The third kappa shape index (κ3) is 1.62. The maximum absolute atomic E-state index is 6.42. The average molecular weight is 287 g/mol. The molecule has 0 amide bonds. The fraction of sp³-hybridized carbons (Fsp3) is 0.455. The predicted octanol–water partition coefficient (Wildman–Crippen LogP) is 2.83. The van der Waals surface area contributed by atoms with Gasteiger partial charge in [0.2, 0.25) is 0 Å². The molecule has 2 N–H and O–H groups in total. The topological polar surface area (TPSA) is 26.0 Å². The van der Waals surface area contributed by atoms with Crippen LogP contribution in [-0.2, 0) is 5.54 Å². The Morgan fingerprint density at radius 3 is 2.54 bits per heavy atom. The van der Waals surface area contributed by atoms with Gasteiger partial charge in [-0.1, -0.05) is 59.3 Å². The van der Waals surface area contributed by atoms with Crippen LogP contribution in [0.25, 0.3) is 0 Å². The second kappa shape index (κ2) is 3.58. The summed E-state index contributed by atoms with van der Waals surface area (Å²) < 4.78 is 0.590. The van der Waals surface area contributed by atoms with E-state index in [1.807, 2.05) is 6.07 Å². The lowest BCUT2D eigenvalue weighted by molar-refractivity contribution is 0.483. The molecule has 0 bridgehead atoms. The molecule has 2 rings (SSSR count). The molecule has 0 heterocycles. The van der Waals surface area contributed by atoms with Crippen LogP contribution in [0.4, 0.5) is 0 Å². The van der Waals surface area contributed by atoms with Crippen molar-refractivity contribution in [1.29, 1.82) is 0 Å². The molecule has 1 nitrogen and oxygen atoms in total. The maximum atomic E-state index is 6.42. The van der Waals surface area contributed by atoms with Crippen LogP contribution in [0.3, 0.4) is 0 Å². The quantitative estimate of drug-likeness (QED) is 0.624. The van der Waals surface area contributed by atoms with Crippen LogP contribution in [0.15, 0.2) is 30.3 Å². The standard InChI is InChI=1S/C11H14IN/c12-10-7-4-8-11(10,13)9-5-2-1-3-6-9/h1-3,5-6,10H,4,7-8,13H2/t10-,11?/m1/s1. The Hall–Kier alpha value is -0.0900. The third-order valence-corrected chi connectivity index (χ3v) is 4.65. The Morgan fingerprint density at radius 1 is 1.31 bits per heavy atom. The molecule has 1 saturated carbocycles. The SMILES string of the molecule is NC1(c2ccccc2)CCC[C@H]1I. The van der Waals surface area contributed by atoms with Crippen LogP contribution in [0, 0.1) is 0 Å². The predicted molar refractivity (Wildman–Crippen MR) is 64.0 cm³/mol. The Kier molecular flexibility index (Phi) is 2.60. The zero-order valence-corrected chi connectivity index (χ0v) is 9.70. The van der Waals surface area contributed by atoms with Crippen molar-refractivity contribution in [2.24, 2.45) is 5.73 Å². The Balaban J connectivity index is 2.34. The van der Waals surface area contributed by atoms with Crippen molar-refractivity contribution in [3.63, 3.8) is 0 Å². The van der Waals surface area contributed by atoms with Gasteiger partial charge in [0, 0.05) is 3.92 Å². The lowest BCUT2D eigenvalue weighted by atomic mass is 9.89. The molecule has 70 valence electrons. The summed E-state index contributed by atoms with van der Waals surface area (Å²) in [5.74, 6) is 0. The van der Waals surface area contributed by atoms with E-state index in [-0.39, 0.29) is 5.54 Å². The van der Waals surface area contributed by atoms with Crippen molar-refractivity contribution < 1.29 is 0 Å². The number of hydrogen-bond donors (Lipinski definition) is 1.